The minimum atomic E-state index is -5.05. The van der Waals surface area contributed by atoms with Crippen molar-refractivity contribution in [3.63, 3.8) is 0 Å². The molecular weight excluding hydrogens is 481 g/mol. The van der Waals surface area contributed by atoms with Gasteiger partial charge < -0.3 is 15.5 Å². The Bertz CT molecular complexity index is 1450. The van der Waals surface area contributed by atoms with Gasteiger partial charge >= 0.3 is 6.18 Å². The maximum Gasteiger partial charge on any atom is 0.419 e. The molecule has 0 saturated carbocycles. The Labute approximate surface area is 202 Å². The van der Waals surface area contributed by atoms with Gasteiger partial charge in [0.05, 0.1) is 23.4 Å². The number of aromatic hydroxyl groups is 1. The van der Waals surface area contributed by atoms with Crippen molar-refractivity contribution in [3.8, 4) is 11.4 Å². The summed E-state index contributed by atoms with van der Waals surface area (Å²) >= 11 is 0. The molecule has 0 bridgehead atoms. The lowest BCUT2D eigenvalue weighted by Gasteiger charge is -2.49. The predicted molar refractivity (Wildman–Crippen MR) is 124 cm³/mol. The highest BCUT2D eigenvalue weighted by molar-refractivity contribution is 5.92. The van der Waals surface area contributed by atoms with Gasteiger partial charge in [0.25, 0.3) is 0 Å². The van der Waals surface area contributed by atoms with Crippen LogP contribution in [-0.2, 0) is 0 Å². The van der Waals surface area contributed by atoms with E-state index in [1.807, 2.05) is 0 Å². The summed E-state index contributed by atoms with van der Waals surface area (Å²) in [4.78, 5) is 0. The number of rotatable bonds is 3. The first-order valence-corrected chi connectivity index (χ1v) is 11.2. The minimum absolute atomic E-state index is 0.0168. The number of aliphatic hydroxyl groups is 1. The third kappa shape index (κ3) is 3.42. The van der Waals surface area contributed by atoms with Crippen molar-refractivity contribution < 1.29 is 32.2 Å². The molecule has 0 fully saturated rings. The normalized spacial score (nSPS) is 24.1. The Morgan fingerprint density at radius 3 is 2.36 bits per heavy atom. The Hall–Kier alpha value is -3.66. The number of hydrogen-bond acceptors (Lipinski definition) is 4. The largest absolute Gasteiger partial charge is 0.505 e. The first-order chi connectivity index (χ1) is 16.9. The number of benzene rings is 3. The van der Waals surface area contributed by atoms with E-state index in [9.17, 15) is 32.2 Å². The van der Waals surface area contributed by atoms with E-state index in [2.05, 4.69) is 10.4 Å². The summed E-state index contributed by atoms with van der Waals surface area (Å²) in [5, 5.41) is 29.2. The zero-order valence-corrected chi connectivity index (χ0v) is 19.2. The van der Waals surface area contributed by atoms with Gasteiger partial charge in [-0.1, -0.05) is 26.0 Å². The molecule has 1 heterocycles. The van der Waals surface area contributed by atoms with Crippen LogP contribution < -0.4 is 5.32 Å². The molecular formula is C26H22F5N3O2. The van der Waals surface area contributed by atoms with Crippen molar-refractivity contribution in [3.05, 3.63) is 83.6 Å². The van der Waals surface area contributed by atoms with Crippen molar-refractivity contribution >= 4 is 16.6 Å². The summed E-state index contributed by atoms with van der Waals surface area (Å²) in [6.45, 7) is 2.65. The molecule has 3 aromatic carbocycles. The topological polar surface area (TPSA) is 70.3 Å². The van der Waals surface area contributed by atoms with Crippen LogP contribution >= 0.6 is 0 Å². The van der Waals surface area contributed by atoms with Crippen molar-refractivity contribution in [1.82, 2.24) is 9.78 Å². The number of phenolic OH excluding ortho intramolecular Hbond substituents is 1. The van der Waals surface area contributed by atoms with Gasteiger partial charge in [0, 0.05) is 22.6 Å². The Morgan fingerprint density at radius 1 is 1.00 bits per heavy atom. The number of fused-ring (bicyclic) bond motifs is 2. The first kappa shape index (κ1) is 24.1. The van der Waals surface area contributed by atoms with E-state index in [0.717, 1.165) is 12.1 Å². The third-order valence-electron chi connectivity index (χ3n) is 7.29. The van der Waals surface area contributed by atoms with Gasteiger partial charge in [0.15, 0.2) is 17.2 Å². The number of alkyl halides is 3. The monoisotopic (exact) mass is 503 g/mol. The van der Waals surface area contributed by atoms with E-state index >= 15 is 0 Å². The molecule has 1 aliphatic carbocycles. The molecule has 10 heteroatoms. The van der Waals surface area contributed by atoms with Crippen LogP contribution in [0.3, 0.4) is 0 Å². The number of hydrogen-bond donors (Lipinski definition) is 3. The van der Waals surface area contributed by atoms with Crippen LogP contribution in [0.2, 0.25) is 0 Å². The number of nitrogens with one attached hydrogen (secondary N) is 1. The molecule has 0 amide bonds. The van der Waals surface area contributed by atoms with E-state index in [1.54, 1.807) is 18.2 Å². The minimum Gasteiger partial charge on any atom is -0.505 e. The number of phenols is 1. The molecule has 188 valence electrons. The van der Waals surface area contributed by atoms with Crippen molar-refractivity contribution in [2.24, 2.45) is 5.92 Å². The highest BCUT2D eigenvalue weighted by atomic mass is 19.4. The summed E-state index contributed by atoms with van der Waals surface area (Å²) in [5.41, 5.74) is -1.96. The average Bonchev–Trinajstić information content (AvgIpc) is 3.27. The maximum atomic E-state index is 14.5. The van der Waals surface area contributed by atoms with E-state index < -0.39 is 47.0 Å². The highest BCUT2D eigenvalue weighted by Gasteiger charge is 2.65. The average molecular weight is 503 g/mol. The number of aromatic nitrogens is 2. The molecule has 4 atom stereocenters. The summed E-state index contributed by atoms with van der Waals surface area (Å²) in [6, 6.07) is 10.7. The van der Waals surface area contributed by atoms with Gasteiger partial charge in [-0.15, -0.1) is 0 Å². The van der Waals surface area contributed by atoms with Gasteiger partial charge in [-0.25, -0.2) is 13.5 Å². The Morgan fingerprint density at radius 2 is 1.69 bits per heavy atom. The molecule has 0 radical (unpaired) electrons. The molecule has 4 unspecified atom stereocenters. The second-order valence-corrected chi connectivity index (χ2v) is 9.15. The molecule has 3 N–H and O–H groups in total. The summed E-state index contributed by atoms with van der Waals surface area (Å²) < 4.78 is 72.5. The maximum absolute atomic E-state index is 14.5. The molecule has 0 aliphatic heterocycles. The van der Waals surface area contributed by atoms with Gasteiger partial charge in [0.2, 0.25) is 0 Å². The van der Waals surface area contributed by atoms with Crippen LogP contribution in [0.15, 0.2) is 60.8 Å². The summed E-state index contributed by atoms with van der Waals surface area (Å²) in [5.74, 6) is -4.52. The zero-order chi connectivity index (χ0) is 26.0. The molecule has 36 heavy (non-hydrogen) atoms. The fourth-order valence-electron chi connectivity index (χ4n) is 5.19. The SMILES string of the molecule is CC1c2c(ccc(F)c2O)C(Nc2cccc3c2cnn3-c2ccc(F)cc2)C(O)(C(F)(F)F)C1C. The van der Waals surface area contributed by atoms with Gasteiger partial charge in [-0.3, -0.25) is 0 Å². The van der Waals surface area contributed by atoms with E-state index in [-0.39, 0.29) is 16.8 Å². The lowest BCUT2D eigenvalue weighted by Crippen LogP contribution is -2.60. The quantitative estimate of drug-likeness (QED) is 0.291. The van der Waals surface area contributed by atoms with E-state index in [1.165, 1.54) is 49.0 Å². The standard InChI is InChI=1S/C26H22F5N3O2/c1-13-14(2)25(36,26(29,30)31)24(17-10-11-19(28)23(35)22(13)17)33-20-4-3-5-21-18(20)12-32-34(21)16-8-6-15(27)7-9-16/h3-14,24,33,35-36H,1-2H3. The van der Waals surface area contributed by atoms with Gasteiger partial charge in [-0.05, 0) is 53.9 Å². The van der Waals surface area contributed by atoms with Crippen LogP contribution in [0.4, 0.5) is 27.6 Å². The number of halogens is 5. The predicted octanol–water partition coefficient (Wildman–Crippen LogP) is 6.21. The molecule has 1 aromatic heterocycles. The van der Waals surface area contributed by atoms with E-state index in [4.69, 9.17) is 0 Å². The molecule has 0 saturated heterocycles. The molecule has 5 rings (SSSR count). The summed E-state index contributed by atoms with van der Waals surface area (Å²) in [7, 11) is 0. The summed E-state index contributed by atoms with van der Waals surface area (Å²) in [6.07, 6.45) is -3.60. The Balaban J connectivity index is 1.68. The molecule has 5 nitrogen and oxygen atoms in total. The van der Waals surface area contributed by atoms with E-state index in [0.29, 0.717) is 16.6 Å². The number of anilines is 1. The van der Waals surface area contributed by atoms with Crippen molar-refractivity contribution in [2.45, 2.75) is 37.6 Å². The smallest absolute Gasteiger partial charge is 0.419 e. The van der Waals surface area contributed by atoms with Crippen LogP contribution in [0.1, 0.15) is 36.9 Å². The lowest BCUT2D eigenvalue weighted by molar-refractivity contribution is -0.289. The van der Waals surface area contributed by atoms with Crippen LogP contribution in [-0.4, -0.2) is 31.8 Å². The van der Waals surface area contributed by atoms with Crippen molar-refractivity contribution in [1.29, 1.82) is 0 Å². The Kier molecular flexibility index (Phi) is 5.47. The molecule has 4 aromatic rings. The fourth-order valence-corrected chi connectivity index (χ4v) is 5.19. The number of nitrogens with zero attached hydrogens (tertiary/aromatic N) is 2. The second-order valence-electron chi connectivity index (χ2n) is 9.15. The zero-order valence-electron chi connectivity index (χ0n) is 19.2. The first-order valence-electron chi connectivity index (χ1n) is 11.2. The van der Waals surface area contributed by atoms with Gasteiger partial charge in [0.1, 0.15) is 5.82 Å². The lowest BCUT2D eigenvalue weighted by atomic mass is 9.64. The highest BCUT2D eigenvalue weighted by Crippen LogP contribution is 2.57. The van der Waals surface area contributed by atoms with Crippen LogP contribution in [0.25, 0.3) is 16.6 Å². The van der Waals surface area contributed by atoms with Gasteiger partial charge in [-0.2, -0.15) is 18.3 Å². The third-order valence-corrected chi connectivity index (χ3v) is 7.29. The molecule has 0 spiro atoms. The second kappa shape index (κ2) is 8.19. The fraction of sp³-hybridized carbons (Fsp3) is 0.269. The van der Waals surface area contributed by atoms with Crippen molar-refractivity contribution in [2.75, 3.05) is 5.32 Å². The molecule has 1 aliphatic rings. The van der Waals surface area contributed by atoms with Crippen LogP contribution in [0.5, 0.6) is 5.75 Å². The van der Waals surface area contributed by atoms with Crippen LogP contribution in [0, 0.1) is 17.6 Å².